The fourth-order valence-corrected chi connectivity index (χ4v) is 1.73. The van der Waals surface area contributed by atoms with E-state index in [4.69, 9.17) is 0 Å². The normalized spacial score (nSPS) is 10.2. The van der Waals surface area contributed by atoms with Crippen LogP contribution in [0.5, 0.6) is 0 Å². The van der Waals surface area contributed by atoms with E-state index in [0.717, 1.165) is 11.1 Å². The maximum absolute atomic E-state index is 13.4. The van der Waals surface area contributed by atoms with Crippen LogP contribution in [0.3, 0.4) is 0 Å². The minimum atomic E-state index is -0.434. The Kier molecular flexibility index (Phi) is 3.42. The van der Waals surface area contributed by atoms with Crippen LogP contribution < -0.4 is 5.32 Å². The molecule has 2 nitrogen and oxygen atoms in total. The Balaban J connectivity index is 2.28. The summed E-state index contributed by atoms with van der Waals surface area (Å²) in [7, 11) is 0. The molecule has 0 heterocycles. The highest BCUT2D eigenvalue weighted by Crippen LogP contribution is 2.16. The molecular formula is C15H14FNO. The SMILES string of the molecule is Cc1ccc(C)c(C(=O)Nc2ccccc2F)c1. The van der Waals surface area contributed by atoms with E-state index in [1.54, 1.807) is 24.3 Å². The first-order chi connectivity index (χ1) is 8.58. The predicted molar refractivity (Wildman–Crippen MR) is 70.3 cm³/mol. The number of nitrogens with one attached hydrogen (secondary N) is 1. The third-order valence-corrected chi connectivity index (χ3v) is 2.76. The van der Waals surface area contributed by atoms with E-state index in [9.17, 15) is 9.18 Å². The second-order valence-corrected chi connectivity index (χ2v) is 4.25. The number of hydrogen-bond donors (Lipinski definition) is 1. The summed E-state index contributed by atoms with van der Waals surface area (Å²) in [5, 5.41) is 2.58. The van der Waals surface area contributed by atoms with E-state index in [2.05, 4.69) is 5.32 Å². The number of benzene rings is 2. The summed E-state index contributed by atoms with van der Waals surface area (Å²) in [5.41, 5.74) is 2.63. The third-order valence-electron chi connectivity index (χ3n) is 2.76. The molecule has 0 aromatic heterocycles. The van der Waals surface area contributed by atoms with Gasteiger partial charge in [-0.1, -0.05) is 29.8 Å². The van der Waals surface area contributed by atoms with Crippen molar-refractivity contribution in [2.24, 2.45) is 0 Å². The fraction of sp³-hybridized carbons (Fsp3) is 0.133. The van der Waals surface area contributed by atoms with Crippen LogP contribution in [0.1, 0.15) is 21.5 Å². The molecule has 2 rings (SSSR count). The summed E-state index contributed by atoms with van der Waals surface area (Å²) >= 11 is 0. The van der Waals surface area contributed by atoms with Crippen LogP contribution in [-0.4, -0.2) is 5.91 Å². The van der Waals surface area contributed by atoms with E-state index < -0.39 is 5.82 Å². The monoisotopic (exact) mass is 243 g/mol. The van der Waals surface area contributed by atoms with Crippen molar-refractivity contribution >= 4 is 11.6 Å². The molecule has 0 spiro atoms. The Hall–Kier alpha value is -2.16. The molecule has 0 radical (unpaired) electrons. The Bertz CT molecular complexity index is 593. The number of rotatable bonds is 2. The van der Waals surface area contributed by atoms with Crippen LogP contribution >= 0.6 is 0 Å². The fourth-order valence-electron chi connectivity index (χ4n) is 1.73. The van der Waals surface area contributed by atoms with Crippen LogP contribution in [0.4, 0.5) is 10.1 Å². The number of para-hydroxylation sites is 1. The smallest absolute Gasteiger partial charge is 0.256 e. The van der Waals surface area contributed by atoms with Gasteiger partial charge in [0.2, 0.25) is 0 Å². The molecule has 3 heteroatoms. The van der Waals surface area contributed by atoms with Gasteiger partial charge >= 0.3 is 0 Å². The highest BCUT2D eigenvalue weighted by molar-refractivity contribution is 6.05. The summed E-state index contributed by atoms with van der Waals surface area (Å²) in [5.74, 6) is -0.725. The lowest BCUT2D eigenvalue weighted by atomic mass is 10.1. The number of anilines is 1. The van der Waals surface area contributed by atoms with Gasteiger partial charge in [-0.05, 0) is 37.6 Å². The van der Waals surface area contributed by atoms with Gasteiger partial charge in [0, 0.05) is 5.56 Å². The van der Waals surface area contributed by atoms with Crippen LogP contribution in [-0.2, 0) is 0 Å². The topological polar surface area (TPSA) is 29.1 Å². The second kappa shape index (κ2) is 5.00. The summed E-state index contributed by atoms with van der Waals surface area (Å²) in [6, 6.07) is 11.7. The van der Waals surface area contributed by atoms with Gasteiger partial charge in [-0.25, -0.2) is 4.39 Å². The predicted octanol–water partition coefficient (Wildman–Crippen LogP) is 3.69. The molecule has 0 atom stereocenters. The van der Waals surface area contributed by atoms with Crippen LogP contribution in [0, 0.1) is 19.7 Å². The average Bonchev–Trinajstić information content (AvgIpc) is 2.35. The molecule has 0 fully saturated rings. The van der Waals surface area contributed by atoms with Gasteiger partial charge in [0.25, 0.3) is 5.91 Å². The highest BCUT2D eigenvalue weighted by atomic mass is 19.1. The maximum atomic E-state index is 13.4. The van der Waals surface area contributed by atoms with Gasteiger partial charge in [0.1, 0.15) is 5.82 Å². The summed E-state index contributed by atoms with van der Waals surface area (Å²) in [6.07, 6.45) is 0. The first-order valence-electron chi connectivity index (χ1n) is 5.71. The zero-order valence-corrected chi connectivity index (χ0v) is 10.3. The number of hydrogen-bond acceptors (Lipinski definition) is 1. The lowest BCUT2D eigenvalue weighted by molar-refractivity contribution is 0.102. The van der Waals surface area contributed by atoms with Crippen molar-refractivity contribution in [3.05, 3.63) is 65.0 Å². The van der Waals surface area contributed by atoms with E-state index in [1.165, 1.54) is 6.07 Å². The maximum Gasteiger partial charge on any atom is 0.256 e. The van der Waals surface area contributed by atoms with Crippen LogP contribution in [0.25, 0.3) is 0 Å². The van der Waals surface area contributed by atoms with Gasteiger partial charge in [-0.15, -0.1) is 0 Å². The van der Waals surface area contributed by atoms with Crippen molar-refractivity contribution in [3.63, 3.8) is 0 Å². The van der Waals surface area contributed by atoms with Crippen molar-refractivity contribution in [3.8, 4) is 0 Å². The van der Waals surface area contributed by atoms with Gasteiger partial charge < -0.3 is 5.32 Å². The Morgan fingerprint density at radius 1 is 1.11 bits per heavy atom. The number of carbonyl (C=O) groups excluding carboxylic acids is 1. The largest absolute Gasteiger partial charge is 0.319 e. The van der Waals surface area contributed by atoms with Crippen LogP contribution in [0.2, 0.25) is 0 Å². The Morgan fingerprint density at radius 2 is 1.83 bits per heavy atom. The van der Waals surface area contributed by atoms with Crippen LogP contribution in [0.15, 0.2) is 42.5 Å². The van der Waals surface area contributed by atoms with Crippen molar-refractivity contribution in [1.29, 1.82) is 0 Å². The number of amides is 1. The molecule has 1 amide bonds. The molecule has 0 unspecified atom stereocenters. The molecule has 0 aliphatic rings. The van der Waals surface area contributed by atoms with Crippen molar-refractivity contribution in [2.45, 2.75) is 13.8 Å². The molecule has 0 saturated heterocycles. The molecule has 0 aliphatic heterocycles. The molecule has 18 heavy (non-hydrogen) atoms. The number of halogens is 1. The quantitative estimate of drug-likeness (QED) is 0.856. The molecule has 92 valence electrons. The molecule has 2 aromatic carbocycles. The molecular weight excluding hydrogens is 229 g/mol. The van der Waals surface area contributed by atoms with E-state index in [-0.39, 0.29) is 11.6 Å². The average molecular weight is 243 g/mol. The summed E-state index contributed by atoms with van der Waals surface area (Å²) in [4.78, 5) is 12.1. The third kappa shape index (κ3) is 2.56. The van der Waals surface area contributed by atoms with E-state index in [1.807, 2.05) is 26.0 Å². The first kappa shape index (κ1) is 12.3. The summed E-state index contributed by atoms with van der Waals surface area (Å²) < 4.78 is 13.4. The van der Waals surface area contributed by atoms with Gasteiger partial charge in [0.05, 0.1) is 5.69 Å². The van der Waals surface area contributed by atoms with Crippen molar-refractivity contribution < 1.29 is 9.18 Å². The van der Waals surface area contributed by atoms with Gasteiger partial charge in [-0.2, -0.15) is 0 Å². The molecule has 0 bridgehead atoms. The van der Waals surface area contributed by atoms with E-state index in [0.29, 0.717) is 5.56 Å². The zero-order valence-electron chi connectivity index (χ0n) is 10.3. The summed E-state index contributed by atoms with van der Waals surface area (Å²) in [6.45, 7) is 3.77. The van der Waals surface area contributed by atoms with Crippen molar-refractivity contribution in [2.75, 3.05) is 5.32 Å². The lowest BCUT2D eigenvalue weighted by Crippen LogP contribution is -2.14. The number of aryl methyl sites for hydroxylation is 2. The Labute approximate surface area is 105 Å². The van der Waals surface area contributed by atoms with Gasteiger partial charge in [0.15, 0.2) is 0 Å². The van der Waals surface area contributed by atoms with Crippen molar-refractivity contribution in [1.82, 2.24) is 0 Å². The van der Waals surface area contributed by atoms with Gasteiger partial charge in [-0.3, -0.25) is 4.79 Å². The second-order valence-electron chi connectivity index (χ2n) is 4.25. The molecule has 0 aliphatic carbocycles. The standard InChI is InChI=1S/C15H14FNO/c1-10-7-8-11(2)12(9-10)15(18)17-14-6-4-3-5-13(14)16/h3-9H,1-2H3,(H,17,18). The molecule has 2 aromatic rings. The minimum absolute atomic E-state index is 0.198. The number of carbonyl (C=O) groups is 1. The van der Waals surface area contributed by atoms with E-state index >= 15 is 0 Å². The molecule has 1 N–H and O–H groups in total. The zero-order chi connectivity index (χ0) is 13.1. The lowest BCUT2D eigenvalue weighted by Gasteiger charge is -2.09. The highest BCUT2D eigenvalue weighted by Gasteiger charge is 2.11. The first-order valence-corrected chi connectivity index (χ1v) is 5.71. The Morgan fingerprint density at radius 3 is 2.56 bits per heavy atom. The molecule has 0 saturated carbocycles. The minimum Gasteiger partial charge on any atom is -0.319 e.